The molecule has 0 radical (unpaired) electrons. The van der Waals surface area contributed by atoms with Crippen molar-refractivity contribution in [2.24, 2.45) is 11.3 Å². The summed E-state index contributed by atoms with van der Waals surface area (Å²) in [5.41, 5.74) is 3.12. The van der Waals surface area contributed by atoms with E-state index in [1.165, 1.54) is 17.7 Å². The van der Waals surface area contributed by atoms with Gasteiger partial charge in [0.1, 0.15) is 0 Å². The Balaban J connectivity index is 2.06. The lowest BCUT2D eigenvalue weighted by atomic mass is 9.58. The number of hydrogen-bond donors (Lipinski definition) is 0. The maximum absolute atomic E-state index is 12.0. The maximum atomic E-state index is 12.0. The van der Waals surface area contributed by atoms with Crippen LogP contribution in [0.2, 0.25) is 0 Å². The third-order valence-corrected chi connectivity index (χ3v) is 4.91. The maximum Gasteiger partial charge on any atom is 0.182 e. The topological polar surface area (TPSA) is 34.1 Å². The van der Waals surface area contributed by atoms with Crippen LogP contribution in [0.1, 0.15) is 39.5 Å². The number of carbonyl (C=O) groups is 2. The monoisotopic (exact) mass is 242 g/mol. The first-order chi connectivity index (χ1) is 8.51. The van der Waals surface area contributed by atoms with Gasteiger partial charge in [0.2, 0.25) is 0 Å². The molecule has 0 aromatic rings. The Kier molecular flexibility index (Phi) is 2.44. The highest BCUT2D eigenvalue weighted by Gasteiger charge is 2.44. The van der Waals surface area contributed by atoms with Crippen molar-refractivity contribution < 1.29 is 9.59 Å². The number of allylic oxidation sites excluding steroid dienone is 6. The minimum atomic E-state index is 0.0463. The molecule has 0 amide bonds. The first-order valence-electron chi connectivity index (χ1n) is 6.67. The zero-order valence-corrected chi connectivity index (χ0v) is 11.0. The molecule has 0 aromatic heterocycles. The van der Waals surface area contributed by atoms with Crippen LogP contribution in [-0.4, -0.2) is 11.6 Å². The molecule has 1 unspecified atom stereocenters. The van der Waals surface area contributed by atoms with Crippen LogP contribution < -0.4 is 0 Å². The molecule has 0 saturated carbocycles. The lowest BCUT2D eigenvalue weighted by Gasteiger charge is -2.46. The molecule has 0 heterocycles. The molecular weight excluding hydrogens is 224 g/mol. The van der Waals surface area contributed by atoms with Crippen molar-refractivity contribution in [2.75, 3.05) is 0 Å². The zero-order chi connectivity index (χ0) is 12.9. The highest BCUT2D eigenvalue weighted by atomic mass is 16.1. The molecule has 0 aliphatic heterocycles. The summed E-state index contributed by atoms with van der Waals surface area (Å²) in [6.07, 6.45) is 8.91. The van der Waals surface area contributed by atoms with Crippen molar-refractivity contribution in [3.8, 4) is 0 Å². The summed E-state index contributed by atoms with van der Waals surface area (Å²) in [6, 6.07) is 0. The molecule has 0 N–H and O–H groups in total. The van der Waals surface area contributed by atoms with Crippen LogP contribution in [0.25, 0.3) is 0 Å². The first-order valence-corrected chi connectivity index (χ1v) is 6.67. The van der Waals surface area contributed by atoms with Gasteiger partial charge in [0.15, 0.2) is 11.6 Å². The van der Waals surface area contributed by atoms with Crippen LogP contribution in [-0.2, 0) is 9.59 Å². The van der Waals surface area contributed by atoms with Gasteiger partial charge in [-0.05, 0) is 56.1 Å². The fourth-order valence-corrected chi connectivity index (χ4v) is 3.79. The average Bonchev–Trinajstić information content (AvgIpc) is 2.33. The van der Waals surface area contributed by atoms with Crippen molar-refractivity contribution in [3.05, 3.63) is 34.9 Å². The Labute approximate surface area is 107 Å². The summed E-state index contributed by atoms with van der Waals surface area (Å²) in [4.78, 5) is 23.9. The van der Waals surface area contributed by atoms with Gasteiger partial charge in [0.25, 0.3) is 0 Å². The Morgan fingerprint density at radius 3 is 2.56 bits per heavy atom. The molecule has 94 valence electrons. The Bertz CT molecular complexity index is 533. The van der Waals surface area contributed by atoms with Gasteiger partial charge in [-0.15, -0.1) is 0 Å². The molecule has 2 atom stereocenters. The van der Waals surface area contributed by atoms with Crippen LogP contribution in [0.15, 0.2) is 34.9 Å². The van der Waals surface area contributed by atoms with E-state index >= 15 is 0 Å². The van der Waals surface area contributed by atoms with Gasteiger partial charge in [-0.25, -0.2) is 0 Å². The van der Waals surface area contributed by atoms with Crippen LogP contribution in [0.5, 0.6) is 0 Å². The molecule has 3 rings (SSSR count). The molecule has 0 fully saturated rings. The van der Waals surface area contributed by atoms with Crippen molar-refractivity contribution in [1.29, 1.82) is 0 Å². The normalized spacial score (nSPS) is 35.2. The predicted octanol–water partition coefficient (Wildman–Crippen LogP) is 3.15. The third-order valence-electron chi connectivity index (χ3n) is 4.91. The van der Waals surface area contributed by atoms with Gasteiger partial charge in [-0.1, -0.05) is 18.6 Å². The van der Waals surface area contributed by atoms with E-state index in [2.05, 4.69) is 19.9 Å². The lowest BCUT2D eigenvalue weighted by Crippen LogP contribution is -2.38. The van der Waals surface area contributed by atoms with E-state index in [1.54, 1.807) is 0 Å². The fraction of sp³-hybridized carbons (Fsp3) is 0.500. The molecule has 3 aliphatic rings. The summed E-state index contributed by atoms with van der Waals surface area (Å²) in [6.45, 7) is 4.44. The number of rotatable bonds is 0. The average molecular weight is 242 g/mol. The number of fused-ring (bicyclic) bond motifs is 1. The Morgan fingerprint density at radius 2 is 1.83 bits per heavy atom. The summed E-state index contributed by atoms with van der Waals surface area (Å²) < 4.78 is 0. The van der Waals surface area contributed by atoms with E-state index in [-0.39, 0.29) is 17.0 Å². The highest BCUT2D eigenvalue weighted by Crippen LogP contribution is 2.52. The van der Waals surface area contributed by atoms with Crippen LogP contribution in [0.3, 0.4) is 0 Å². The molecule has 2 heteroatoms. The summed E-state index contributed by atoms with van der Waals surface area (Å²) in [5.74, 6) is 0.537. The quantitative estimate of drug-likeness (QED) is 0.483. The smallest absolute Gasteiger partial charge is 0.182 e. The number of hydrogen-bond acceptors (Lipinski definition) is 2. The van der Waals surface area contributed by atoms with E-state index < -0.39 is 0 Å². The Hall–Kier alpha value is -1.44. The number of carbonyl (C=O) groups excluding carboxylic acids is 2. The molecule has 18 heavy (non-hydrogen) atoms. The minimum Gasteiger partial charge on any atom is -0.290 e. The van der Waals surface area contributed by atoms with Gasteiger partial charge < -0.3 is 0 Å². The second-order valence-electron chi connectivity index (χ2n) is 6.09. The first kappa shape index (κ1) is 11.6. The van der Waals surface area contributed by atoms with Crippen molar-refractivity contribution >= 4 is 11.6 Å². The molecule has 0 bridgehead atoms. The van der Waals surface area contributed by atoms with Crippen molar-refractivity contribution in [2.45, 2.75) is 39.5 Å². The molecule has 0 aromatic carbocycles. The number of ketones is 2. The van der Waals surface area contributed by atoms with Gasteiger partial charge >= 0.3 is 0 Å². The van der Waals surface area contributed by atoms with E-state index in [9.17, 15) is 9.59 Å². The lowest BCUT2D eigenvalue weighted by molar-refractivity contribution is -0.116. The summed E-state index contributed by atoms with van der Waals surface area (Å²) in [5, 5.41) is 0. The fourth-order valence-electron chi connectivity index (χ4n) is 3.79. The van der Waals surface area contributed by atoms with E-state index in [1.807, 2.05) is 0 Å². The summed E-state index contributed by atoms with van der Waals surface area (Å²) in [7, 11) is 0. The van der Waals surface area contributed by atoms with E-state index in [0.29, 0.717) is 5.92 Å². The largest absolute Gasteiger partial charge is 0.290 e. The van der Waals surface area contributed by atoms with Gasteiger partial charge in [-0.2, -0.15) is 0 Å². The molecule has 3 aliphatic carbocycles. The van der Waals surface area contributed by atoms with Crippen molar-refractivity contribution in [3.63, 3.8) is 0 Å². The second-order valence-corrected chi connectivity index (χ2v) is 6.09. The summed E-state index contributed by atoms with van der Waals surface area (Å²) >= 11 is 0. The van der Waals surface area contributed by atoms with Crippen LogP contribution in [0.4, 0.5) is 0 Å². The minimum absolute atomic E-state index is 0.0463. The second kappa shape index (κ2) is 3.78. The highest BCUT2D eigenvalue weighted by molar-refractivity contribution is 6.20. The van der Waals surface area contributed by atoms with Crippen molar-refractivity contribution in [1.82, 2.24) is 0 Å². The predicted molar refractivity (Wildman–Crippen MR) is 70.0 cm³/mol. The SMILES string of the molecule is CC1=CCC[C@]2(C)CC3=C(CC12)C(=O)C=CC3=O. The molecule has 2 nitrogen and oxygen atoms in total. The van der Waals surface area contributed by atoms with Crippen LogP contribution >= 0.6 is 0 Å². The standard InChI is InChI=1S/C16H18O2/c1-10-4-3-7-16(2)9-12-11(8-13(10)16)14(17)5-6-15(12)18/h4-6,13H,3,7-9H2,1-2H3/t13?,16-/m1/s1. The van der Waals surface area contributed by atoms with Crippen LogP contribution in [0, 0.1) is 11.3 Å². The van der Waals surface area contributed by atoms with Gasteiger partial charge in [0.05, 0.1) is 0 Å². The van der Waals surface area contributed by atoms with E-state index in [0.717, 1.165) is 36.8 Å². The molecule has 0 saturated heterocycles. The third kappa shape index (κ3) is 1.55. The molecule has 0 spiro atoms. The van der Waals surface area contributed by atoms with E-state index in [4.69, 9.17) is 0 Å². The zero-order valence-electron chi connectivity index (χ0n) is 11.0. The van der Waals surface area contributed by atoms with Gasteiger partial charge in [-0.3, -0.25) is 9.59 Å². The van der Waals surface area contributed by atoms with Gasteiger partial charge in [0, 0.05) is 11.1 Å². The molecular formula is C16H18O2. The Morgan fingerprint density at radius 1 is 1.17 bits per heavy atom.